The van der Waals surface area contributed by atoms with Gasteiger partial charge in [0.15, 0.2) is 0 Å². The van der Waals surface area contributed by atoms with Gasteiger partial charge in [0.2, 0.25) is 5.89 Å². The third-order valence-electron chi connectivity index (χ3n) is 5.11. The summed E-state index contributed by atoms with van der Waals surface area (Å²) < 4.78 is 12.7. The number of nitrogens with zero attached hydrogens (tertiary/aromatic N) is 4. The highest BCUT2D eigenvalue weighted by Gasteiger charge is 2.19. The first-order chi connectivity index (χ1) is 13.6. The van der Waals surface area contributed by atoms with Gasteiger partial charge in [-0.2, -0.15) is 0 Å². The van der Waals surface area contributed by atoms with Crippen molar-refractivity contribution in [3.05, 3.63) is 58.9 Å². The number of ether oxygens (including phenoxy) is 1. The van der Waals surface area contributed by atoms with E-state index in [0.29, 0.717) is 17.4 Å². The Bertz CT molecular complexity index is 988. The molecule has 0 spiro atoms. The molecule has 0 amide bonds. The third kappa shape index (κ3) is 3.95. The zero-order chi connectivity index (χ0) is 19.5. The van der Waals surface area contributed by atoms with Crippen LogP contribution in [0.25, 0.3) is 11.5 Å². The molecular weight excluding hydrogens is 372 g/mol. The molecule has 0 radical (unpaired) electrons. The Kier molecular flexibility index (Phi) is 5.45. The number of aryl methyl sites for hydroxylation is 1. The molecule has 7 heteroatoms. The minimum absolute atomic E-state index is 0.396. The molecule has 1 fully saturated rings. The lowest BCUT2D eigenvalue weighted by Gasteiger charge is -2.36. The summed E-state index contributed by atoms with van der Waals surface area (Å²) in [6.45, 7) is 6.70. The van der Waals surface area contributed by atoms with Crippen molar-refractivity contribution in [3.8, 4) is 17.2 Å². The molecule has 1 aromatic heterocycles. The molecule has 3 aromatic rings. The van der Waals surface area contributed by atoms with Crippen LogP contribution in [0, 0.1) is 11.8 Å². The van der Waals surface area contributed by atoms with Gasteiger partial charge in [-0.15, -0.1) is 5.10 Å². The quantitative estimate of drug-likeness (QED) is 0.608. The van der Waals surface area contributed by atoms with Crippen molar-refractivity contribution in [1.29, 1.82) is 0 Å². The second kappa shape index (κ2) is 8.16. The largest absolute Gasteiger partial charge is 0.497 e. The van der Waals surface area contributed by atoms with Crippen molar-refractivity contribution in [1.82, 2.24) is 14.7 Å². The van der Waals surface area contributed by atoms with Gasteiger partial charge in [0.25, 0.3) is 4.84 Å². The minimum atomic E-state index is 0.396. The second-order valence-corrected chi connectivity index (χ2v) is 7.28. The van der Waals surface area contributed by atoms with Gasteiger partial charge in [-0.3, -0.25) is 4.90 Å². The fourth-order valence-corrected chi connectivity index (χ4v) is 3.66. The monoisotopic (exact) mass is 396 g/mol. The zero-order valence-corrected chi connectivity index (χ0v) is 17.0. The fourth-order valence-electron chi connectivity index (χ4n) is 3.48. The van der Waals surface area contributed by atoms with Gasteiger partial charge in [0.1, 0.15) is 5.75 Å². The van der Waals surface area contributed by atoms with Crippen molar-refractivity contribution in [3.63, 3.8) is 0 Å². The molecule has 2 aromatic carbocycles. The van der Waals surface area contributed by atoms with E-state index in [4.69, 9.17) is 21.4 Å². The number of para-hydroxylation sites is 1. The van der Waals surface area contributed by atoms with Crippen molar-refractivity contribution in [2.24, 2.45) is 0 Å². The average molecular weight is 397 g/mol. The number of benzene rings is 2. The van der Waals surface area contributed by atoms with Crippen LogP contribution in [0.15, 0.2) is 52.9 Å². The predicted octanol–water partition coefficient (Wildman–Crippen LogP) is 3.97. The Labute approximate surface area is 169 Å². The lowest BCUT2D eigenvalue weighted by molar-refractivity contribution is 0.192. The van der Waals surface area contributed by atoms with E-state index in [2.05, 4.69) is 46.1 Å². The standard InChI is InChI=1S/C21H24N4O2S/c1-16-5-3-4-6-19(16)24-13-11-23(12-14-24)15-25-21(28)27-20(22-25)17-7-9-18(26-2)10-8-17/h3-10H,11-15H2,1-2H3. The molecule has 0 N–H and O–H groups in total. The summed E-state index contributed by atoms with van der Waals surface area (Å²) in [5.41, 5.74) is 3.52. The van der Waals surface area contributed by atoms with E-state index in [1.165, 1.54) is 11.3 Å². The lowest BCUT2D eigenvalue weighted by Crippen LogP contribution is -2.47. The zero-order valence-electron chi connectivity index (χ0n) is 16.2. The molecule has 0 bridgehead atoms. The number of methoxy groups -OCH3 is 1. The normalized spacial score (nSPS) is 15.0. The Morgan fingerprint density at radius 1 is 1.04 bits per heavy atom. The highest BCUT2D eigenvalue weighted by atomic mass is 32.1. The number of hydrogen-bond acceptors (Lipinski definition) is 6. The first-order valence-electron chi connectivity index (χ1n) is 9.39. The van der Waals surface area contributed by atoms with E-state index in [-0.39, 0.29) is 0 Å². The summed E-state index contributed by atoms with van der Waals surface area (Å²) in [6.07, 6.45) is 0. The molecule has 1 saturated heterocycles. The SMILES string of the molecule is COc1ccc(-c2nn(CN3CCN(c4ccccc4C)CC3)c(=S)o2)cc1. The molecule has 0 atom stereocenters. The molecule has 4 rings (SSSR count). The van der Waals surface area contributed by atoms with Gasteiger partial charge in [-0.25, -0.2) is 4.68 Å². The van der Waals surface area contributed by atoms with Crippen LogP contribution in [-0.4, -0.2) is 48.0 Å². The van der Waals surface area contributed by atoms with Gasteiger partial charge in [-0.1, -0.05) is 18.2 Å². The summed E-state index contributed by atoms with van der Waals surface area (Å²) >= 11 is 5.38. The Hall–Kier alpha value is -2.64. The fraction of sp³-hybridized carbons (Fsp3) is 0.333. The molecule has 0 aliphatic carbocycles. The van der Waals surface area contributed by atoms with E-state index in [9.17, 15) is 0 Å². The molecule has 2 heterocycles. The van der Waals surface area contributed by atoms with Gasteiger partial charge < -0.3 is 14.1 Å². The van der Waals surface area contributed by atoms with Crippen LogP contribution in [0.4, 0.5) is 5.69 Å². The first-order valence-corrected chi connectivity index (χ1v) is 9.80. The number of piperazine rings is 1. The van der Waals surface area contributed by atoms with Gasteiger partial charge in [-0.05, 0) is 55.0 Å². The van der Waals surface area contributed by atoms with Crippen LogP contribution in [0.5, 0.6) is 5.75 Å². The summed E-state index contributed by atoms with van der Waals surface area (Å²) in [4.78, 5) is 5.19. The molecule has 1 aliphatic heterocycles. The van der Waals surface area contributed by atoms with Crippen molar-refractivity contribution in [2.45, 2.75) is 13.6 Å². The van der Waals surface area contributed by atoms with Crippen molar-refractivity contribution in [2.75, 3.05) is 38.2 Å². The van der Waals surface area contributed by atoms with Gasteiger partial charge >= 0.3 is 0 Å². The highest BCUT2D eigenvalue weighted by Crippen LogP contribution is 2.23. The first kappa shape index (κ1) is 18.7. The molecule has 6 nitrogen and oxygen atoms in total. The van der Waals surface area contributed by atoms with Crippen LogP contribution >= 0.6 is 12.2 Å². The van der Waals surface area contributed by atoms with E-state index < -0.39 is 0 Å². The van der Waals surface area contributed by atoms with E-state index in [1.807, 2.05) is 24.3 Å². The number of rotatable bonds is 5. The smallest absolute Gasteiger partial charge is 0.288 e. The van der Waals surface area contributed by atoms with Gasteiger partial charge in [0, 0.05) is 37.4 Å². The van der Waals surface area contributed by atoms with E-state index >= 15 is 0 Å². The minimum Gasteiger partial charge on any atom is -0.497 e. The summed E-state index contributed by atoms with van der Waals surface area (Å²) in [7, 11) is 1.65. The van der Waals surface area contributed by atoms with Crippen molar-refractivity contribution < 1.29 is 9.15 Å². The van der Waals surface area contributed by atoms with Crippen molar-refractivity contribution >= 4 is 17.9 Å². The Morgan fingerprint density at radius 2 is 1.75 bits per heavy atom. The van der Waals surface area contributed by atoms with Crippen LogP contribution < -0.4 is 9.64 Å². The average Bonchev–Trinajstić information content (AvgIpc) is 3.09. The topological polar surface area (TPSA) is 46.7 Å². The summed E-state index contributed by atoms with van der Waals surface area (Å²) in [5, 5.41) is 4.57. The maximum absolute atomic E-state index is 5.71. The Balaban J connectivity index is 1.41. The summed E-state index contributed by atoms with van der Waals surface area (Å²) in [6, 6.07) is 16.2. The summed E-state index contributed by atoms with van der Waals surface area (Å²) in [5.74, 6) is 1.33. The molecule has 146 valence electrons. The second-order valence-electron chi connectivity index (χ2n) is 6.93. The molecular formula is C21H24N4O2S. The lowest BCUT2D eigenvalue weighted by atomic mass is 10.1. The van der Waals surface area contributed by atoms with Crippen LogP contribution in [-0.2, 0) is 6.67 Å². The third-order valence-corrected chi connectivity index (χ3v) is 5.40. The number of aromatic nitrogens is 2. The van der Waals surface area contributed by atoms with Crippen LogP contribution in [0.3, 0.4) is 0 Å². The number of hydrogen-bond donors (Lipinski definition) is 0. The molecule has 0 saturated carbocycles. The Morgan fingerprint density at radius 3 is 2.43 bits per heavy atom. The van der Waals surface area contributed by atoms with Crippen LogP contribution in [0.2, 0.25) is 0 Å². The number of anilines is 1. The maximum atomic E-state index is 5.71. The maximum Gasteiger partial charge on any atom is 0.288 e. The molecule has 28 heavy (non-hydrogen) atoms. The highest BCUT2D eigenvalue weighted by molar-refractivity contribution is 7.71. The van der Waals surface area contributed by atoms with E-state index in [1.54, 1.807) is 11.8 Å². The van der Waals surface area contributed by atoms with E-state index in [0.717, 1.165) is 37.5 Å². The van der Waals surface area contributed by atoms with Crippen LogP contribution in [0.1, 0.15) is 5.56 Å². The molecule has 1 aliphatic rings. The molecule has 0 unspecified atom stereocenters. The van der Waals surface area contributed by atoms with Gasteiger partial charge in [0.05, 0.1) is 13.8 Å². The predicted molar refractivity (Wildman–Crippen MR) is 112 cm³/mol.